The van der Waals surface area contributed by atoms with Crippen molar-refractivity contribution in [2.75, 3.05) is 12.3 Å². The van der Waals surface area contributed by atoms with Gasteiger partial charge in [-0.2, -0.15) is 10.1 Å². The van der Waals surface area contributed by atoms with Crippen molar-refractivity contribution < 1.29 is 4.79 Å². The predicted molar refractivity (Wildman–Crippen MR) is 87.5 cm³/mol. The van der Waals surface area contributed by atoms with Gasteiger partial charge in [-0.05, 0) is 19.9 Å². The average molecular weight is 330 g/mol. The highest BCUT2D eigenvalue weighted by Crippen LogP contribution is 2.06. The molecule has 0 bridgehead atoms. The first-order chi connectivity index (χ1) is 11.5. The van der Waals surface area contributed by atoms with E-state index < -0.39 is 0 Å². The number of aryl methyl sites for hydroxylation is 2. The lowest BCUT2D eigenvalue weighted by atomic mass is 10.3. The monoisotopic (exact) mass is 330 g/mol. The van der Waals surface area contributed by atoms with Gasteiger partial charge in [0.1, 0.15) is 5.69 Å². The standard InChI is InChI=1S/C14H18N8O2/c1-3-22-9(6-8(2)20-22)12(23)16-4-5-21-7-17-10-11(21)18-14(15)19-13(10)24/h6-7H,3-5H2,1-2H3,(H,16,23)(H3,15,18,19,24). The third-order valence-corrected chi connectivity index (χ3v) is 3.57. The van der Waals surface area contributed by atoms with E-state index >= 15 is 0 Å². The van der Waals surface area contributed by atoms with Crippen LogP contribution in [0.4, 0.5) is 5.95 Å². The molecule has 0 atom stereocenters. The summed E-state index contributed by atoms with van der Waals surface area (Å²) in [6.45, 7) is 5.15. The smallest absolute Gasteiger partial charge is 0.280 e. The molecule has 0 radical (unpaired) electrons. The van der Waals surface area contributed by atoms with Gasteiger partial charge in [0.15, 0.2) is 11.2 Å². The van der Waals surface area contributed by atoms with Crippen LogP contribution in [0.25, 0.3) is 11.2 Å². The number of aromatic amines is 1. The van der Waals surface area contributed by atoms with Crippen molar-refractivity contribution in [3.63, 3.8) is 0 Å². The maximum Gasteiger partial charge on any atom is 0.280 e. The van der Waals surface area contributed by atoms with Crippen LogP contribution in [0.5, 0.6) is 0 Å². The van der Waals surface area contributed by atoms with E-state index in [4.69, 9.17) is 5.73 Å². The van der Waals surface area contributed by atoms with Crippen LogP contribution >= 0.6 is 0 Å². The molecule has 3 heterocycles. The number of carbonyl (C=O) groups is 1. The second-order valence-corrected chi connectivity index (χ2v) is 5.30. The number of nitrogen functional groups attached to an aromatic ring is 1. The number of amides is 1. The molecule has 1 amide bonds. The lowest BCUT2D eigenvalue weighted by Crippen LogP contribution is -2.29. The van der Waals surface area contributed by atoms with Gasteiger partial charge in [0, 0.05) is 19.6 Å². The Balaban J connectivity index is 1.70. The van der Waals surface area contributed by atoms with Crippen molar-refractivity contribution in [3.8, 4) is 0 Å². The number of anilines is 1. The molecule has 0 aromatic carbocycles. The summed E-state index contributed by atoms with van der Waals surface area (Å²) >= 11 is 0. The number of hydrogen-bond acceptors (Lipinski definition) is 6. The van der Waals surface area contributed by atoms with Crippen molar-refractivity contribution in [1.29, 1.82) is 0 Å². The summed E-state index contributed by atoms with van der Waals surface area (Å²) in [5.41, 5.74) is 7.08. The minimum absolute atomic E-state index is 0.0283. The Labute approximate surface area is 136 Å². The highest BCUT2D eigenvalue weighted by Gasteiger charge is 2.13. The highest BCUT2D eigenvalue weighted by atomic mass is 16.2. The van der Waals surface area contributed by atoms with Gasteiger partial charge in [-0.15, -0.1) is 0 Å². The topological polar surface area (TPSA) is 137 Å². The van der Waals surface area contributed by atoms with Crippen molar-refractivity contribution in [2.45, 2.75) is 26.9 Å². The molecule has 10 nitrogen and oxygen atoms in total. The first kappa shape index (κ1) is 15.7. The minimum atomic E-state index is -0.386. The van der Waals surface area contributed by atoms with Crippen LogP contribution < -0.4 is 16.6 Å². The Bertz CT molecular complexity index is 951. The van der Waals surface area contributed by atoms with Gasteiger partial charge in [-0.25, -0.2) is 4.98 Å². The maximum atomic E-state index is 12.3. The van der Waals surface area contributed by atoms with Crippen LogP contribution in [-0.2, 0) is 13.1 Å². The van der Waals surface area contributed by atoms with E-state index in [0.717, 1.165) is 5.69 Å². The SMILES string of the molecule is CCn1nc(C)cc1C(=O)NCCn1cnc2c(=O)[nH]c(N)nc21. The van der Waals surface area contributed by atoms with Gasteiger partial charge in [-0.1, -0.05) is 0 Å². The van der Waals surface area contributed by atoms with Crippen molar-refractivity contribution >= 4 is 23.0 Å². The van der Waals surface area contributed by atoms with Crippen LogP contribution in [0.2, 0.25) is 0 Å². The molecule has 0 saturated carbocycles. The molecular weight excluding hydrogens is 312 g/mol. The van der Waals surface area contributed by atoms with Crippen LogP contribution in [-0.4, -0.2) is 41.8 Å². The van der Waals surface area contributed by atoms with Crippen LogP contribution in [0.1, 0.15) is 23.1 Å². The molecule has 0 saturated heterocycles. The van der Waals surface area contributed by atoms with Gasteiger partial charge >= 0.3 is 0 Å². The number of rotatable bonds is 5. The number of aromatic nitrogens is 6. The van der Waals surface area contributed by atoms with E-state index in [0.29, 0.717) is 31.0 Å². The Morgan fingerprint density at radius 3 is 3.00 bits per heavy atom. The van der Waals surface area contributed by atoms with E-state index in [9.17, 15) is 9.59 Å². The summed E-state index contributed by atoms with van der Waals surface area (Å²) in [7, 11) is 0. The number of nitrogens with two attached hydrogens (primary N) is 1. The largest absolute Gasteiger partial charge is 0.369 e. The van der Waals surface area contributed by atoms with Gasteiger partial charge in [0.05, 0.1) is 12.0 Å². The number of imidazole rings is 1. The lowest BCUT2D eigenvalue weighted by molar-refractivity contribution is 0.0941. The average Bonchev–Trinajstić information content (AvgIpc) is 3.11. The molecule has 3 aromatic heterocycles. The number of nitrogens with zero attached hydrogens (tertiary/aromatic N) is 5. The fourth-order valence-corrected chi connectivity index (χ4v) is 2.48. The number of hydrogen-bond donors (Lipinski definition) is 3. The normalized spacial score (nSPS) is 11.1. The third-order valence-electron chi connectivity index (χ3n) is 3.57. The second kappa shape index (κ2) is 6.14. The molecular formula is C14H18N8O2. The summed E-state index contributed by atoms with van der Waals surface area (Å²) in [4.78, 5) is 34.5. The van der Waals surface area contributed by atoms with E-state index in [1.54, 1.807) is 15.3 Å². The zero-order valence-corrected chi connectivity index (χ0v) is 13.4. The molecule has 0 aliphatic rings. The lowest BCUT2D eigenvalue weighted by Gasteiger charge is -2.07. The molecule has 0 spiro atoms. The van der Waals surface area contributed by atoms with Crippen molar-refractivity contribution in [1.82, 2.24) is 34.6 Å². The number of fused-ring (bicyclic) bond motifs is 1. The zero-order chi connectivity index (χ0) is 17.3. The Morgan fingerprint density at radius 2 is 2.25 bits per heavy atom. The van der Waals surface area contributed by atoms with Crippen LogP contribution in [0, 0.1) is 6.92 Å². The summed E-state index contributed by atoms with van der Waals surface area (Å²) in [5, 5.41) is 7.07. The molecule has 0 aliphatic heterocycles. The van der Waals surface area contributed by atoms with Crippen molar-refractivity contribution in [2.24, 2.45) is 0 Å². The van der Waals surface area contributed by atoms with Gasteiger partial charge in [0.2, 0.25) is 5.95 Å². The Hall–Kier alpha value is -3.17. The Morgan fingerprint density at radius 1 is 1.46 bits per heavy atom. The van der Waals surface area contributed by atoms with Crippen LogP contribution in [0.15, 0.2) is 17.2 Å². The third kappa shape index (κ3) is 2.85. The van der Waals surface area contributed by atoms with Gasteiger partial charge < -0.3 is 15.6 Å². The highest BCUT2D eigenvalue weighted by molar-refractivity contribution is 5.92. The summed E-state index contributed by atoms with van der Waals surface area (Å²) < 4.78 is 3.32. The molecule has 0 fully saturated rings. The molecule has 0 unspecified atom stereocenters. The quantitative estimate of drug-likeness (QED) is 0.585. The first-order valence-corrected chi connectivity index (χ1v) is 7.53. The molecule has 3 rings (SSSR count). The molecule has 126 valence electrons. The van der Waals surface area contributed by atoms with E-state index in [2.05, 4.69) is 25.4 Å². The molecule has 10 heteroatoms. The summed E-state index contributed by atoms with van der Waals surface area (Å²) in [5.74, 6) is -0.173. The zero-order valence-electron chi connectivity index (χ0n) is 13.4. The van der Waals surface area contributed by atoms with Gasteiger partial charge in [-0.3, -0.25) is 19.3 Å². The fourth-order valence-electron chi connectivity index (χ4n) is 2.48. The maximum absolute atomic E-state index is 12.3. The van der Waals surface area contributed by atoms with E-state index in [1.807, 2.05) is 13.8 Å². The van der Waals surface area contributed by atoms with E-state index in [-0.39, 0.29) is 22.9 Å². The Kier molecular flexibility index (Phi) is 4.02. The number of carbonyl (C=O) groups excluding carboxylic acids is 1. The number of nitrogens with one attached hydrogen (secondary N) is 2. The second-order valence-electron chi connectivity index (χ2n) is 5.30. The molecule has 3 aromatic rings. The number of H-pyrrole nitrogens is 1. The van der Waals surface area contributed by atoms with Crippen molar-refractivity contribution in [3.05, 3.63) is 34.1 Å². The van der Waals surface area contributed by atoms with Crippen LogP contribution in [0.3, 0.4) is 0 Å². The summed E-state index contributed by atoms with van der Waals surface area (Å²) in [6, 6.07) is 1.74. The first-order valence-electron chi connectivity index (χ1n) is 7.53. The minimum Gasteiger partial charge on any atom is -0.369 e. The molecule has 0 aliphatic carbocycles. The summed E-state index contributed by atoms with van der Waals surface area (Å²) in [6.07, 6.45) is 1.50. The molecule has 24 heavy (non-hydrogen) atoms. The van der Waals surface area contributed by atoms with Gasteiger partial charge in [0.25, 0.3) is 11.5 Å². The van der Waals surface area contributed by atoms with E-state index in [1.165, 1.54) is 6.33 Å². The molecule has 4 N–H and O–H groups in total. The predicted octanol–water partition coefficient (Wildman–Crippen LogP) is -0.343. The fraction of sp³-hybridized carbons (Fsp3) is 0.357.